The molecule has 0 radical (unpaired) electrons. The minimum absolute atomic E-state index is 0.0612. The van der Waals surface area contributed by atoms with Gasteiger partial charge in [0.2, 0.25) is 0 Å². The highest BCUT2D eigenvalue weighted by Crippen LogP contribution is 2.30. The topological polar surface area (TPSA) is 86.7 Å². The zero-order chi connectivity index (χ0) is 12.6. The second-order valence-corrected chi connectivity index (χ2v) is 5.34. The fraction of sp³-hybridized carbons (Fsp3) is 0.200. The van der Waals surface area contributed by atoms with Gasteiger partial charge in [0.05, 0.1) is 12.7 Å². The molecule has 17 heavy (non-hydrogen) atoms. The maximum Gasteiger partial charge on any atom is 0.337 e. The lowest BCUT2D eigenvalue weighted by Crippen LogP contribution is -2.27. The number of fused-ring (bicyclic) bond motifs is 1. The summed E-state index contributed by atoms with van der Waals surface area (Å²) in [4.78, 5) is 22.1. The monoisotopic (exact) mass is 256 g/mol. The summed E-state index contributed by atoms with van der Waals surface area (Å²) in [6, 6.07) is 3.73. The van der Waals surface area contributed by atoms with Gasteiger partial charge in [-0.15, -0.1) is 0 Å². The van der Waals surface area contributed by atoms with Crippen molar-refractivity contribution in [2.75, 3.05) is 12.9 Å². The van der Waals surface area contributed by atoms with Gasteiger partial charge in [-0.3, -0.25) is 4.79 Å². The van der Waals surface area contributed by atoms with E-state index in [-0.39, 0.29) is 16.2 Å². The van der Waals surface area contributed by atoms with E-state index in [9.17, 15) is 18.0 Å². The average molecular weight is 256 g/mol. The zero-order valence-corrected chi connectivity index (χ0v) is 9.61. The van der Waals surface area contributed by atoms with Crippen molar-refractivity contribution in [1.82, 2.24) is 0 Å². The smallest absolute Gasteiger partial charge is 0.337 e. The van der Waals surface area contributed by atoms with Crippen LogP contribution in [0.15, 0.2) is 23.1 Å². The number of hydrogen-bond donors (Lipinski definition) is 0. The molecule has 6 nitrogen and oxygen atoms in total. The molecule has 1 heterocycles. The SMILES string of the molecule is COC(=O)c1ccc2c(c1)S(=O)(=O)CC(=O)O2. The van der Waals surface area contributed by atoms with Crippen LogP contribution in [0.1, 0.15) is 10.4 Å². The Morgan fingerprint density at radius 2 is 2.12 bits per heavy atom. The molecule has 1 aliphatic rings. The van der Waals surface area contributed by atoms with Crippen molar-refractivity contribution in [3.8, 4) is 5.75 Å². The Hall–Kier alpha value is -1.89. The third kappa shape index (κ3) is 2.01. The second-order valence-electron chi connectivity index (χ2n) is 3.39. The van der Waals surface area contributed by atoms with Gasteiger partial charge in [0.15, 0.2) is 15.6 Å². The number of rotatable bonds is 1. The number of methoxy groups -OCH3 is 1. The molecule has 0 saturated carbocycles. The average Bonchev–Trinajstić information content (AvgIpc) is 2.26. The summed E-state index contributed by atoms with van der Waals surface area (Å²) in [5.41, 5.74) is 0.0905. The van der Waals surface area contributed by atoms with Crippen LogP contribution in [0.4, 0.5) is 0 Å². The van der Waals surface area contributed by atoms with Crippen molar-refractivity contribution in [3.05, 3.63) is 23.8 Å². The minimum atomic E-state index is -3.74. The first kappa shape index (κ1) is 11.6. The van der Waals surface area contributed by atoms with Crippen molar-refractivity contribution in [3.63, 3.8) is 0 Å². The second kappa shape index (κ2) is 3.85. The van der Waals surface area contributed by atoms with Gasteiger partial charge in [-0.2, -0.15) is 0 Å². The lowest BCUT2D eigenvalue weighted by molar-refractivity contribution is -0.132. The number of ether oxygens (including phenoxy) is 2. The Morgan fingerprint density at radius 1 is 1.41 bits per heavy atom. The first-order valence-electron chi connectivity index (χ1n) is 4.60. The van der Waals surface area contributed by atoms with E-state index < -0.39 is 27.5 Å². The van der Waals surface area contributed by atoms with Gasteiger partial charge < -0.3 is 9.47 Å². The summed E-state index contributed by atoms with van der Waals surface area (Å²) < 4.78 is 32.6. The molecule has 0 atom stereocenters. The molecule has 0 amide bonds. The van der Waals surface area contributed by atoms with Crippen molar-refractivity contribution in [2.45, 2.75) is 4.90 Å². The highest BCUT2D eigenvalue weighted by Gasteiger charge is 2.31. The van der Waals surface area contributed by atoms with E-state index in [1.54, 1.807) is 0 Å². The summed E-state index contributed by atoms with van der Waals surface area (Å²) in [7, 11) is -2.55. The van der Waals surface area contributed by atoms with E-state index in [2.05, 4.69) is 4.74 Å². The van der Waals surface area contributed by atoms with Gasteiger partial charge in [0.1, 0.15) is 10.6 Å². The normalized spacial score (nSPS) is 16.9. The summed E-state index contributed by atoms with van der Waals surface area (Å²) >= 11 is 0. The lowest BCUT2D eigenvalue weighted by Gasteiger charge is -2.16. The summed E-state index contributed by atoms with van der Waals surface area (Å²) in [5, 5.41) is 0. The lowest BCUT2D eigenvalue weighted by atomic mass is 10.2. The number of carbonyl (C=O) groups is 2. The number of hydrogen-bond acceptors (Lipinski definition) is 6. The first-order chi connectivity index (χ1) is 7.94. The zero-order valence-electron chi connectivity index (χ0n) is 8.80. The van der Waals surface area contributed by atoms with E-state index in [1.165, 1.54) is 19.2 Å². The number of benzene rings is 1. The maximum absolute atomic E-state index is 11.7. The molecular formula is C10H8O6S. The number of sulfone groups is 1. The molecule has 0 N–H and O–H groups in total. The van der Waals surface area contributed by atoms with Gasteiger partial charge in [0.25, 0.3) is 0 Å². The molecule has 0 aromatic heterocycles. The van der Waals surface area contributed by atoms with Crippen LogP contribution in [-0.4, -0.2) is 33.2 Å². The molecule has 2 rings (SSSR count). The fourth-order valence-electron chi connectivity index (χ4n) is 1.47. The number of esters is 2. The number of carbonyl (C=O) groups excluding carboxylic acids is 2. The summed E-state index contributed by atoms with van der Waals surface area (Å²) in [5.74, 6) is -2.26. The van der Waals surface area contributed by atoms with Crippen LogP contribution in [0.3, 0.4) is 0 Å². The van der Waals surface area contributed by atoms with Gasteiger partial charge in [-0.05, 0) is 18.2 Å². The Labute approximate surface area is 97.1 Å². The van der Waals surface area contributed by atoms with Crippen molar-refractivity contribution < 1.29 is 27.5 Å². The Bertz CT molecular complexity index is 601. The fourth-order valence-corrected chi connectivity index (χ4v) is 2.71. The van der Waals surface area contributed by atoms with Gasteiger partial charge in [-0.25, -0.2) is 13.2 Å². The quantitative estimate of drug-likeness (QED) is 0.525. The predicted octanol–water partition coefficient (Wildman–Crippen LogP) is 0.166. The van der Waals surface area contributed by atoms with Gasteiger partial charge in [0, 0.05) is 0 Å². The highest BCUT2D eigenvalue weighted by molar-refractivity contribution is 7.92. The molecule has 0 spiro atoms. The summed E-state index contributed by atoms with van der Waals surface area (Å²) in [6.07, 6.45) is 0. The third-order valence-electron chi connectivity index (χ3n) is 2.23. The Balaban J connectivity index is 2.59. The molecule has 1 aliphatic heterocycles. The molecule has 7 heteroatoms. The van der Waals surface area contributed by atoms with E-state index in [1.807, 2.05) is 0 Å². The molecule has 0 fully saturated rings. The predicted molar refractivity (Wildman–Crippen MR) is 55.5 cm³/mol. The van der Waals surface area contributed by atoms with Crippen molar-refractivity contribution in [1.29, 1.82) is 0 Å². The molecular weight excluding hydrogens is 248 g/mol. The van der Waals surface area contributed by atoms with E-state index in [0.29, 0.717) is 0 Å². The molecule has 0 aliphatic carbocycles. The van der Waals surface area contributed by atoms with Crippen LogP contribution in [0.2, 0.25) is 0 Å². The first-order valence-corrected chi connectivity index (χ1v) is 6.25. The van der Waals surface area contributed by atoms with Crippen molar-refractivity contribution in [2.24, 2.45) is 0 Å². The van der Waals surface area contributed by atoms with Gasteiger partial charge >= 0.3 is 11.9 Å². The van der Waals surface area contributed by atoms with Crippen LogP contribution >= 0.6 is 0 Å². The van der Waals surface area contributed by atoms with Gasteiger partial charge in [-0.1, -0.05) is 0 Å². The highest BCUT2D eigenvalue weighted by atomic mass is 32.2. The Morgan fingerprint density at radius 3 is 2.76 bits per heavy atom. The van der Waals surface area contributed by atoms with Crippen LogP contribution in [0.5, 0.6) is 5.75 Å². The molecule has 0 bridgehead atoms. The third-order valence-corrected chi connectivity index (χ3v) is 3.84. The van der Waals surface area contributed by atoms with Crippen LogP contribution < -0.4 is 4.74 Å². The molecule has 90 valence electrons. The van der Waals surface area contributed by atoms with Crippen LogP contribution in [0, 0.1) is 0 Å². The van der Waals surface area contributed by atoms with Crippen LogP contribution in [-0.2, 0) is 19.4 Å². The van der Waals surface area contributed by atoms with E-state index in [4.69, 9.17) is 4.74 Å². The van der Waals surface area contributed by atoms with E-state index in [0.717, 1.165) is 6.07 Å². The van der Waals surface area contributed by atoms with Crippen LogP contribution in [0.25, 0.3) is 0 Å². The minimum Gasteiger partial charge on any atom is -0.465 e. The summed E-state index contributed by atoms with van der Waals surface area (Å²) in [6.45, 7) is 0. The Kier molecular flexibility index (Phi) is 2.62. The molecule has 0 saturated heterocycles. The molecule has 1 aromatic carbocycles. The standard InChI is InChI=1S/C10H8O6S/c1-15-10(12)6-2-3-7-8(4-6)17(13,14)5-9(11)16-7/h2-4H,5H2,1H3. The van der Waals surface area contributed by atoms with E-state index >= 15 is 0 Å². The maximum atomic E-state index is 11.7. The molecule has 1 aromatic rings. The van der Waals surface area contributed by atoms with Crippen molar-refractivity contribution >= 4 is 21.8 Å². The largest absolute Gasteiger partial charge is 0.465 e. The molecule has 0 unspecified atom stereocenters.